The fourth-order valence-corrected chi connectivity index (χ4v) is 1.78. The molecule has 1 aliphatic rings. The molecule has 0 spiro atoms. The SMILES string of the molecule is O=C1CCC(Nc2ccc(CCl)nc2)C(=O)N1. The van der Waals surface area contributed by atoms with Gasteiger partial charge in [-0.2, -0.15) is 0 Å². The third-order valence-corrected chi connectivity index (χ3v) is 2.82. The number of imide groups is 1. The lowest BCUT2D eigenvalue weighted by atomic mass is 10.1. The van der Waals surface area contributed by atoms with Crippen LogP contribution < -0.4 is 10.6 Å². The summed E-state index contributed by atoms with van der Waals surface area (Å²) in [7, 11) is 0. The summed E-state index contributed by atoms with van der Waals surface area (Å²) in [6.07, 6.45) is 2.49. The molecule has 0 radical (unpaired) electrons. The molecule has 0 saturated carbocycles. The van der Waals surface area contributed by atoms with Gasteiger partial charge in [-0.3, -0.25) is 19.9 Å². The van der Waals surface area contributed by atoms with Gasteiger partial charge in [0.25, 0.3) is 0 Å². The van der Waals surface area contributed by atoms with E-state index in [0.29, 0.717) is 18.7 Å². The number of halogens is 1. The van der Waals surface area contributed by atoms with Gasteiger partial charge in [0.1, 0.15) is 6.04 Å². The van der Waals surface area contributed by atoms with Crippen LogP contribution in [0.1, 0.15) is 18.5 Å². The second-order valence-electron chi connectivity index (χ2n) is 3.82. The molecule has 1 unspecified atom stereocenters. The Balaban J connectivity index is 2.00. The van der Waals surface area contributed by atoms with Crippen molar-refractivity contribution >= 4 is 29.1 Å². The number of piperidine rings is 1. The van der Waals surface area contributed by atoms with E-state index >= 15 is 0 Å². The van der Waals surface area contributed by atoms with Gasteiger partial charge in [-0.15, -0.1) is 11.6 Å². The highest BCUT2D eigenvalue weighted by Crippen LogP contribution is 2.13. The van der Waals surface area contributed by atoms with Crippen molar-refractivity contribution in [2.24, 2.45) is 0 Å². The summed E-state index contributed by atoms with van der Waals surface area (Å²) in [5, 5.41) is 5.32. The van der Waals surface area contributed by atoms with Gasteiger partial charge in [-0.25, -0.2) is 0 Å². The molecule has 2 amide bonds. The maximum absolute atomic E-state index is 11.5. The Kier molecular flexibility index (Phi) is 3.58. The van der Waals surface area contributed by atoms with Crippen LogP contribution in [-0.4, -0.2) is 22.8 Å². The fourth-order valence-electron chi connectivity index (χ4n) is 1.62. The van der Waals surface area contributed by atoms with Crippen LogP contribution in [0.25, 0.3) is 0 Å². The standard InChI is InChI=1S/C11H12ClN3O2/c12-5-7-1-2-8(6-13-7)14-9-3-4-10(16)15-11(9)17/h1-2,6,9,14H,3-5H2,(H,15,16,17). The van der Waals surface area contributed by atoms with E-state index in [1.165, 1.54) is 0 Å². The minimum Gasteiger partial charge on any atom is -0.372 e. The lowest BCUT2D eigenvalue weighted by Gasteiger charge is -2.22. The average molecular weight is 254 g/mol. The molecular weight excluding hydrogens is 242 g/mol. The molecule has 1 aromatic rings. The van der Waals surface area contributed by atoms with Crippen LogP contribution in [0.3, 0.4) is 0 Å². The van der Waals surface area contributed by atoms with Crippen molar-refractivity contribution in [1.29, 1.82) is 0 Å². The molecule has 1 aliphatic heterocycles. The number of carbonyl (C=O) groups excluding carboxylic acids is 2. The lowest BCUT2D eigenvalue weighted by molar-refractivity contribution is -0.133. The maximum atomic E-state index is 11.5. The Morgan fingerprint density at radius 1 is 1.47 bits per heavy atom. The third kappa shape index (κ3) is 2.94. The molecule has 1 fully saturated rings. The molecule has 17 heavy (non-hydrogen) atoms. The highest BCUT2D eigenvalue weighted by molar-refractivity contribution is 6.16. The van der Waals surface area contributed by atoms with Crippen LogP contribution in [0, 0.1) is 0 Å². The van der Waals surface area contributed by atoms with Gasteiger partial charge in [0, 0.05) is 6.42 Å². The van der Waals surface area contributed by atoms with Gasteiger partial charge in [0.2, 0.25) is 11.8 Å². The number of carbonyl (C=O) groups is 2. The van der Waals surface area contributed by atoms with Gasteiger partial charge in [0.15, 0.2) is 0 Å². The molecule has 2 heterocycles. The van der Waals surface area contributed by atoms with E-state index in [2.05, 4.69) is 15.6 Å². The van der Waals surface area contributed by atoms with Crippen molar-refractivity contribution in [2.45, 2.75) is 24.8 Å². The van der Waals surface area contributed by atoms with Crippen molar-refractivity contribution in [3.8, 4) is 0 Å². The largest absolute Gasteiger partial charge is 0.372 e. The number of nitrogens with zero attached hydrogens (tertiary/aromatic N) is 1. The first-order chi connectivity index (χ1) is 8.19. The zero-order valence-corrected chi connectivity index (χ0v) is 9.83. The van der Waals surface area contributed by atoms with Gasteiger partial charge in [-0.1, -0.05) is 0 Å². The average Bonchev–Trinajstić information content (AvgIpc) is 2.34. The van der Waals surface area contributed by atoms with Crippen LogP contribution in [0.5, 0.6) is 0 Å². The summed E-state index contributed by atoms with van der Waals surface area (Å²) < 4.78 is 0. The first-order valence-corrected chi connectivity index (χ1v) is 5.83. The normalized spacial score (nSPS) is 19.9. The number of nitrogens with one attached hydrogen (secondary N) is 2. The Morgan fingerprint density at radius 3 is 2.88 bits per heavy atom. The van der Waals surface area contributed by atoms with Gasteiger partial charge >= 0.3 is 0 Å². The molecule has 0 aliphatic carbocycles. The minimum absolute atomic E-state index is 0.219. The molecule has 2 rings (SSSR count). The first kappa shape index (κ1) is 11.9. The quantitative estimate of drug-likeness (QED) is 0.624. The van der Waals surface area contributed by atoms with Crippen molar-refractivity contribution in [3.63, 3.8) is 0 Å². The van der Waals surface area contributed by atoms with E-state index in [1.807, 2.05) is 6.07 Å². The predicted octanol–water partition coefficient (Wildman–Crippen LogP) is 1.04. The van der Waals surface area contributed by atoms with Crippen LogP contribution in [0.2, 0.25) is 0 Å². The van der Waals surface area contributed by atoms with Gasteiger partial charge < -0.3 is 5.32 Å². The summed E-state index contributed by atoms with van der Waals surface area (Å²) >= 11 is 5.63. The number of rotatable bonds is 3. The molecule has 1 aromatic heterocycles. The van der Waals surface area contributed by atoms with E-state index in [9.17, 15) is 9.59 Å². The van der Waals surface area contributed by atoms with Crippen LogP contribution in [0.4, 0.5) is 5.69 Å². The van der Waals surface area contributed by atoms with Gasteiger partial charge in [-0.05, 0) is 18.6 Å². The van der Waals surface area contributed by atoms with Crippen molar-refractivity contribution in [3.05, 3.63) is 24.0 Å². The molecule has 1 saturated heterocycles. The number of hydrogen-bond donors (Lipinski definition) is 2. The van der Waals surface area contributed by atoms with Crippen molar-refractivity contribution in [2.75, 3.05) is 5.32 Å². The summed E-state index contributed by atoms with van der Waals surface area (Å²) in [5.41, 5.74) is 1.52. The zero-order valence-electron chi connectivity index (χ0n) is 9.07. The number of hydrogen-bond acceptors (Lipinski definition) is 4. The number of aromatic nitrogens is 1. The third-order valence-electron chi connectivity index (χ3n) is 2.54. The second kappa shape index (κ2) is 5.14. The molecule has 1 atom stereocenters. The molecule has 0 bridgehead atoms. The van der Waals surface area contributed by atoms with E-state index < -0.39 is 0 Å². The Labute approximate surface area is 104 Å². The monoisotopic (exact) mass is 253 g/mol. The molecule has 90 valence electrons. The van der Waals surface area contributed by atoms with Gasteiger partial charge in [0.05, 0.1) is 23.5 Å². The van der Waals surface area contributed by atoms with E-state index in [0.717, 1.165) is 11.4 Å². The first-order valence-electron chi connectivity index (χ1n) is 5.30. The number of alkyl halides is 1. The second-order valence-corrected chi connectivity index (χ2v) is 4.09. The Hall–Kier alpha value is -1.62. The minimum atomic E-state index is -0.378. The lowest BCUT2D eigenvalue weighted by Crippen LogP contribution is -2.47. The van der Waals surface area contributed by atoms with Crippen molar-refractivity contribution in [1.82, 2.24) is 10.3 Å². The van der Waals surface area contributed by atoms with E-state index in [4.69, 9.17) is 11.6 Å². The molecule has 2 N–H and O–H groups in total. The smallest absolute Gasteiger partial charge is 0.249 e. The Morgan fingerprint density at radius 2 is 2.29 bits per heavy atom. The van der Waals surface area contributed by atoms with Crippen LogP contribution in [0.15, 0.2) is 18.3 Å². The number of amides is 2. The molecule has 6 heteroatoms. The summed E-state index contributed by atoms with van der Waals surface area (Å²) in [5.74, 6) is -0.148. The zero-order chi connectivity index (χ0) is 12.3. The van der Waals surface area contributed by atoms with Crippen LogP contribution >= 0.6 is 11.6 Å². The maximum Gasteiger partial charge on any atom is 0.249 e. The van der Waals surface area contributed by atoms with E-state index in [-0.39, 0.29) is 17.9 Å². The molecular formula is C11H12ClN3O2. The Bertz CT molecular complexity index is 433. The highest BCUT2D eigenvalue weighted by Gasteiger charge is 2.26. The fraction of sp³-hybridized carbons (Fsp3) is 0.364. The number of pyridine rings is 1. The number of anilines is 1. The topological polar surface area (TPSA) is 71.1 Å². The van der Waals surface area contributed by atoms with Crippen molar-refractivity contribution < 1.29 is 9.59 Å². The summed E-state index contributed by atoms with van der Waals surface area (Å²) in [4.78, 5) is 26.6. The highest BCUT2D eigenvalue weighted by atomic mass is 35.5. The molecule has 0 aromatic carbocycles. The molecule has 5 nitrogen and oxygen atoms in total. The summed E-state index contributed by atoms with van der Waals surface area (Å²) in [6.45, 7) is 0. The predicted molar refractivity (Wildman–Crippen MR) is 63.6 cm³/mol. The van der Waals surface area contributed by atoms with Crippen LogP contribution in [-0.2, 0) is 15.5 Å². The van der Waals surface area contributed by atoms with E-state index in [1.54, 1.807) is 12.3 Å². The summed E-state index contributed by atoms with van der Waals surface area (Å²) in [6, 6.07) is 3.23.